The Bertz CT molecular complexity index is 597. The van der Waals surface area contributed by atoms with E-state index in [1.54, 1.807) is 0 Å². The Morgan fingerprint density at radius 3 is 2.43 bits per heavy atom. The fourth-order valence-electron chi connectivity index (χ4n) is 1.48. The van der Waals surface area contributed by atoms with Crippen LogP contribution in [0, 0.1) is 10.1 Å². The van der Waals surface area contributed by atoms with Gasteiger partial charge in [0.25, 0.3) is 21.7 Å². The van der Waals surface area contributed by atoms with Gasteiger partial charge in [0.1, 0.15) is 0 Å². The fourth-order valence-corrected chi connectivity index (χ4v) is 1.90. The first-order valence-electron chi connectivity index (χ1n) is 6.16. The fraction of sp³-hybridized carbons (Fsp3) is 0.417. The summed E-state index contributed by atoms with van der Waals surface area (Å²) in [4.78, 5) is 21.6. The van der Waals surface area contributed by atoms with Crippen molar-refractivity contribution < 1.29 is 22.3 Å². The summed E-state index contributed by atoms with van der Waals surface area (Å²) >= 11 is 0. The van der Waals surface area contributed by atoms with Crippen molar-refractivity contribution in [3.8, 4) is 0 Å². The number of nitrogens with zero attached hydrogens (tertiary/aromatic N) is 1. The summed E-state index contributed by atoms with van der Waals surface area (Å²) in [7, 11) is -3.42. The molecule has 0 aliphatic carbocycles. The minimum Gasteiger partial charge on any atom is -0.352 e. The van der Waals surface area contributed by atoms with Crippen LogP contribution in [-0.2, 0) is 14.3 Å². The molecule has 0 heterocycles. The van der Waals surface area contributed by atoms with Crippen LogP contribution in [0.15, 0.2) is 24.3 Å². The average molecular weight is 316 g/mol. The van der Waals surface area contributed by atoms with Crippen molar-refractivity contribution in [3.63, 3.8) is 0 Å². The Kier molecular flexibility index (Phi) is 6.25. The largest absolute Gasteiger partial charge is 0.352 e. The third kappa shape index (κ3) is 6.82. The zero-order valence-corrected chi connectivity index (χ0v) is 12.3. The highest BCUT2D eigenvalue weighted by atomic mass is 32.2. The van der Waals surface area contributed by atoms with Gasteiger partial charge in [-0.2, -0.15) is 8.42 Å². The van der Waals surface area contributed by atoms with Gasteiger partial charge in [-0.25, -0.2) is 0 Å². The lowest BCUT2D eigenvalue weighted by atomic mass is 10.2. The van der Waals surface area contributed by atoms with Gasteiger partial charge < -0.3 is 5.32 Å². The van der Waals surface area contributed by atoms with Gasteiger partial charge in [-0.15, -0.1) is 0 Å². The van der Waals surface area contributed by atoms with E-state index in [0.717, 1.165) is 6.26 Å². The van der Waals surface area contributed by atoms with Crippen molar-refractivity contribution in [2.75, 3.05) is 19.4 Å². The Hall–Kier alpha value is -2.00. The highest BCUT2D eigenvalue weighted by Crippen LogP contribution is 2.11. The number of carbonyl (C=O) groups is 1. The van der Waals surface area contributed by atoms with Crippen molar-refractivity contribution in [2.45, 2.75) is 12.8 Å². The standard InChI is InChI=1S/C12H16N2O6S/c1-21(18,19)20-9-3-2-8-13-12(15)10-4-6-11(7-5-10)14(16)17/h4-7H,2-3,8-9H2,1H3,(H,13,15). The van der Waals surface area contributed by atoms with Gasteiger partial charge >= 0.3 is 0 Å². The molecule has 0 fully saturated rings. The van der Waals surface area contributed by atoms with Gasteiger partial charge in [0.05, 0.1) is 17.8 Å². The normalized spacial score (nSPS) is 11.1. The van der Waals surface area contributed by atoms with Crippen LogP contribution in [0.5, 0.6) is 0 Å². The molecule has 0 spiro atoms. The Morgan fingerprint density at radius 2 is 1.90 bits per heavy atom. The molecule has 1 aromatic carbocycles. The van der Waals surface area contributed by atoms with Crippen LogP contribution in [0.25, 0.3) is 0 Å². The van der Waals surface area contributed by atoms with E-state index in [0.29, 0.717) is 24.9 Å². The summed E-state index contributed by atoms with van der Waals surface area (Å²) in [5.74, 6) is -0.339. The molecule has 0 unspecified atom stereocenters. The number of unbranched alkanes of at least 4 members (excludes halogenated alkanes) is 1. The third-order valence-corrected chi connectivity index (χ3v) is 3.09. The van der Waals surface area contributed by atoms with Crippen LogP contribution in [0.3, 0.4) is 0 Å². The second-order valence-electron chi connectivity index (χ2n) is 4.29. The van der Waals surface area contributed by atoms with Crippen LogP contribution in [0.1, 0.15) is 23.2 Å². The molecule has 0 atom stereocenters. The number of rotatable bonds is 8. The van der Waals surface area contributed by atoms with Crippen LogP contribution in [0.2, 0.25) is 0 Å². The lowest BCUT2D eigenvalue weighted by Gasteiger charge is -2.05. The van der Waals surface area contributed by atoms with E-state index in [9.17, 15) is 23.3 Å². The maximum absolute atomic E-state index is 11.7. The van der Waals surface area contributed by atoms with Gasteiger partial charge in [0.2, 0.25) is 0 Å². The molecular weight excluding hydrogens is 300 g/mol. The van der Waals surface area contributed by atoms with E-state index < -0.39 is 15.0 Å². The summed E-state index contributed by atoms with van der Waals surface area (Å²) in [6.45, 7) is 0.440. The Labute approximate surface area is 122 Å². The van der Waals surface area contributed by atoms with E-state index >= 15 is 0 Å². The number of amides is 1. The number of hydrogen-bond donors (Lipinski definition) is 1. The van der Waals surface area contributed by atoms with Crippen molar-refractivity contribution in [1.29, 1.82) is 0 Å². The Balaban J connectivity index is 2.29. The van der Waals surface area contributed by atoms with Crippen LogP contribution >= 0.6 is 0 Å². The number of carbonyl (C=O) groups excluding carboxylic acids is 1. The predicted molar refractivity (Wildman–Crippen MR) is 75.5 cm³/mol. The van der Waals surface area contributed by atoms with Gasteiger partial charge in [-0.05, 0) is 25.0 Å². The predicted octanol–water partition coefficient (Wildman–Crippen LogP) is 1.08. The molecule has 1 amide bonds. The first-order chi connectivity index (χ1) is 9.79. The number of benzene rings is 1. The van der Waals surface area contributed by atoms with Crippen molar-refractivity contribution >= 4 is 21.7 Å². The van der Waals surface area contributed by atoms with Crippen molar-refractivity contribution in [3.05, 3.63) is 39.9 Å². The molecule has 0 aromatic heterocycles. The molecule has 0 aliphatic rings. The van der Waals surface area contributed by atoms with E-state index in [1.807, 2.05) is 0 Å². The molecule has 21 heavy (non-hydrogen) atoms. The number of nitro groups is 1. The molecule has 1 N–H and O–H groups in total. The first kappa shape index (κ1) is 17.1. The summed E-state index contributed by atoms with van der Waals surface area (Å²) in [5, 5.41) is 13.1. The number of hydrogen-bond acceptors (Lipinski definition) is 6. The first-order valence-corrected chi connectivity index (χ1v) is 7.98. The SMILES string of the molecule is CS(=O)(=O)OCCCCNC(=O)c1ccc([N+](=O)[O-])cc1. The van der Waals surface area contributed by atoms with Crippen LogP contribution < -0.4 is 5.32 Å². The number of nitro benzene ring substituents is 1. The molecule has 0 saturated heterocycles. The highest BCUT2D eigenvalue weighted by Gasteiger charge is 2.08. The summed E-state index contributed by atoms with van der Waals surface area (Å²) in [6, 6.07) is 5.27. The summed E-state index contributed by atoms with van der Waals surface area (Å²) < 4.78 is 25.9. The molecule has 0 bridgehead atoms. The Morgan fingerprint density at radius 1 is 1.29 bits per heavy atom. The lowest BCUT2D eigenvalue weighted by Crippen LogP contribution is -2.24. The highest BCUT2D eigenvalue weighted by molar-refractivity contribution is 7.85. The number of non-ortho nitro benzene ring substituents is 1. The third-order valence-electron chi connectivity index (χ3n) is 2.49. The van der Waals surface area contributed by atoms with Gasteiger partial charge in [0.15, 0.2) is 0 Å². The van der Waals surface area contributed by atoms with Gasteiger partial charge in [-0.1, -0.05) is 0 Å². The smallest absolute Gasteiger partial charge is 0.269 e. The van der Waals surface area contributed by atoms with E-state index in [1.165, 1.54) is 24.3 Å². The van der Waals surface area contributed by atoms with Crippen LogP contribution in [0.4, 0.5) is 5.69 Å². The second kappa shape index (κ2) is 7.70. The molecule has 0 aliphatic heterocycles. The van der Waals surface area contributed by atoms with Crippen LogP contribution in [-0.4, -0.2) is 38.7 Å². The molecule has 0 saturated carbocycles. The minimum atomic E-state index is -3.42. The lowest BCUT2D eigenvalue weighted by molar-refractivity contribution is -0.384. The maximum Gasteiger partial charge on any atom is 0.269 e. The number of nitrogens with one attached hydrogen (secondary N) is 1. The molecule has 8 nitrogen and oxygen atoms in total. The van der Waals surface area contributed by atoms with Crippen molar-refractivity contribution in [1.82, 2.24) is 5.32 Å². The maximum atomic E-state index is 11.7. The zero-order valence-electron chi connectivity index (χ0n) is 11.4. The van der Waals surface area contributed by atoms with E-state index in [4.69, 9.17) is 0 Å². The van der Waals surface area contributed by atoms with E-state index in [2.05, 4.69) is 9.50 Å². The zero-order chi connectivity index (χ0) is 15.9. The van der Waals surface area contributed by atoms with Gasteiger partial charge in [-0.3, -0.25) is 19.1 Å². The molecule has 0 radical (unpaired) electrons. The summed E-state index contributed by atoms with van der Waals surface area (Å²) in [6.07, 6.45) is 2.03. The minimum absolute atomic E-state index is 0.0756. The molecule has 116 valence electrons. The molecule has 1 aromatic rings. The molecule has 1 rings (SSSR count). The topological polar surface area (TPSA) is 116 Å². The second-order valence-corrected chi connectivity index (χ2v) is 5.94. The average Bonchev–Trinajstić information content (AvgIpc) is 2.41. The van der Waals surface area contributed by atoms with E-state index in [-0.39, 0.29) is 18.2 Å². The van der Waals surface area contributed by atoms with Crippen molar-refractivity contribution in [2.24, 2.45) is 0 Å². The monoisotopic (exact) mass is 316 g/mol. The molecule has 9 heteroatoms. The summed E-state index contributed by atoms with van der Waals surface area (Å²) in [5.41, 5.74) is 0.248. The quantitative estimate of drug-likeness (QED) is 0.332. The van der Waals surface area contributed by atoms with Gasteiger partial charge in [0, 0.05) is 24.2 Å². The molecular formula is C12H16N2O6S.